The second-order valence-electron chi connectivity index (χ2n) is 13.3. The Morgan fingerprint density at radius 2 is 1.94 bits per heavy atom. The molecule has 13 heteroatoms. The molecule has 1 spiro atoms. The van der Waals surface area contributed by atoms with E-state index in [1.54, 1.807) is 18.2 Å². The number of amides is 1. The van der Waals surface area contributed by atoms with Crippen LogP contribution < -0.4 is 10.2 Å². The first-order valence-electron chi connectivity index (χ1n) is 16.7. The Balaban J connectivity index is 0.921. The topological polar surface area (TPSA) is 135 Å². The van der Waals surface area contributed by atoms with Crippen molar-refractivity contribution < 1.29 is 24.1 Å². The summed E-state index contributed by atoms with van der Waals surface area (Å²) in [4.78, 5) is 36.7. The number of morpholine rings is 1. The number of nitrogens with zero attached hydrogens (tertiary/aromatic N) is 4. The molecule has 2 saturated heterocycles. The molecule has 7 rings (SSSR count). The molecule has 4 N–H and O–H groups in total. The monoisotopic (exact) mass is 688 g/mol. The van der Waals surface area contributed by atoms with Crippen molar-refractivity contribution >= 4 is 33.1 Å². The molecule has 2 aliphatic heterocycles. The van der Waals surface area contributed by atoms with Gasteiger partial charge in [0.15, 0.2) is 0 Å². The predicted octanol–water partition coefficient (Wildman–Crippen LogP) is 4.07. The van der Waals surface area contributed by atoms with Crippen LogP contribution in [-0.4, -0.2) is 91.8 Å². The number of pyridine rings is 1. The number of carbonyl (C=O) groups is 1. The van der Waals surface area contributed by atoms with Gasteiger partial charge >= 0.3 is 4.87 Å². The van der Waals surface area contributed by atoms with Crippen LogP contribution in [0.4, 0.5) is 4.39 Å². The van der Waals surface area contributed by atoms with Crippen LogP contribution in [0.15, 0.2) is 53.5 Å². The molecule has 0 bridgehead atoms. The molecule has 1 atom stereocenters. The average molecular weight is 689 g/mol. The lowest BCUT2D eigenvalue weighted by molar-refractivity contribution is -0.128. The first-order valence-corrected chi connectivity index (χ1v) is 17.5. The summed E-state index contributed by atoms with van der Waals surface area (Å²) in [5.41, 5.74) is 5.42. The predicted molar refractivity (Wildman–Crippen MR) is 186 cm³/mol. The number of thiazole rings is 1. The number of aromatic amines is 1. The maximum Gasteiger partial charge on any atom is 0.305 e. The van der Waals surface area contributed by atoms with Crippen LogP contribution in [0.2, 0.25) is 0 Å². The maximum absolute atomic E-state index is 14.7. The molecule has 2 aromatic carbocycles. The van der Waals surface area contributed by atoms with E-state index in [1.807, 2.05) is 47.5 Å². The van der Waals surface area contributed by atoms with Gasteiger partial charge < -0.3 is 30.2 Å². The number of aromatic nitrogens is 3. The van der Waals surface area contributed by atoms with Crippen molar-refractivity contribution in [3.05, 3.63) is 97.8 Å². The number of aryl methyl sites for hydroxylation is 2. The van der Waals surface area contributed by atoms with Gasteiger partial charge in [-0.1, -0.05) is 29.5 Å². The highest BCUT2D eigenvalue weighted by atomic mass is 32.1. The van der Waals surface area contributed by atoms with Crippen LogP contribution in [0.3, 0.4) is 0 Å². The van der Waals surface area contributed by atoms with Crippen LogP contribution in [-0.2, 0) is 17.7 Å². The zero-order chi connectivity index (χ0) is 34.3. The van der Waals surface area contributed by atoms with Crippen molar-refractivity contribution in [2.75, 3.05) is 45.9 Å². The fourth-order valence-electron chi connectivity index (χ4n) is 7.21. The standard InChI is InChI=1S/C36H41FN6O5S/c1-22-3-6-30-39-23(2)32(43(30)19-22)34(46)42-13-14-48-36(21-42)8-11-41(12-9-36)20-25-15-24(16-26(37)17-25)7-10-38-18-29(45)27-4-5-28(44)31-33(27)49-35(47)40-31/h3-6,15-17,19,29,38,44-45H,7-14,18,20-21H2,1-2H3,(H,40,47). The Hall–Kier alpha value is -4.14. The molecule has 2 aliphatic rings. The Bertz CT molecular complexity index is 2070. The van der Waals surface area contributed by atoms with E-state index < -0.39 is 11.7 Å². The highest BCUT2D eigenvalue weighted by Gasteiger charge is 2.41. The van der Waals surface area contributed by atoms with Gasteiger partial charge in [-0.15, -0.1) is 0 Å². The van der Waals surface area contributed by atoms with Gasteiger partial charge in [0.2, 0.25) is 0 Å². The number of rotatable bonds is 9. The summed E-state index contributed by atoms with van der Waals surface area (Å²) < 4.78 is 23.5. The van der Waals surface area contributed by atoms with Crippen molar-refractivity contribution in [1.29, 1.82) is 0 Å². The Kier molecular flexibility index (Phi) is 9.29. The number of hydrogen-bond acceptors (Lipinski definition) is 9. The number of H-pyrrole nitrogens is 1. The number of aliphatic hydroxyl groups excluding tert-OH is 1. The zero-order valence-electron chi connectivity index (χ0n) is 27.7. The molecule has 3 aromatic heterocycles. The second-order valence-corrected chi connectivity index (χ2v) is 14.3. The molecule has 0 radical (unpaired) electrons. The maximum atomic E-state index is 14.7. The van der Waals surface area contributed by atoms with Crippen LogP contribution in [0.1, 0.15) is 57.4 Å². The van der Waals surface area contributed by atoms with Gasteiger partial charge in [0.25, 0.3) is 5.91 Å². The number of aliphatic hydroxyl groups is 1. The van der Waals surface area contributed by atoms with Crippen LogP contribution in [0.5, 0.6) is 5.75 Å². The third kappa shape index (κ3) is 6.99. The van der Waals surface area contributed by atoms with Gasteiger partial charge in [0.1, 0.15) is 28.4 Å². The van der Waals surface area contributed by atoms with Crippen molar-refractivity contribution in [3.8, 4) is 5.75 Å². The van der Waals surface area contributed by atoms with E-state index in [-0.39, 0.29) is 28.9 Å². The van der Waals surface area contributed by atoms with Crippen molar-refractivity contribution in [1.82, 2.24) is 29.5 Å². The summed E-state index contributed by atoms with van der Waals surface area (Å²) in [5, 5.41) is 24.0. The molecular formula is C36H41FN6O5S. The van der Waals surface area contributed by atoms with Crippen molar-refractivity contribution in [2.45, 2.75) is 51.4 Å². The van der Waals surface area contributed by atoms with Gasteiger partial charge in [-0.25, -0.2) is 9.37 Å². The van der Waals surface area contributed by atoms with E-state index in [0.29, 0.717) is 60.7 Å². The SMILES string of the molecule is Cc1ccc2nc(C)c(C(=O)N3CCOC4(CCN(Cc5cc(F)cc(CCNCC(O)c6ccc(O)c7[nH]c(=O)sc67)c5)CC4)C3)n2c1. The summed E-state index contributed by atoms with van der Waals surface area (Å²) >= 11 is 0.953. The van der Waals surface area contributed by atoms with Gasteiger partial charge in [-0.3, -0.25) is 18.9 Å². The van der Waals surface area contributed by atoms with Crippen molar-refractivity contribution in [3.63, 3.8) is 0 Å². The molecule has 1 amide bonds. The number of piperidine rings is 1. The number of aromatic hydroxyl groups is 1. The molecule has 258 valence electrons. The number of hydrogen-bond donors (Lipinski definition) is 4. The smallest absolute Gasteiger partial charge is 0.305 e. The molecule has 1 unspecified atom stereocenters. The third-order valence-electron chi connectivity index (χ3n) is 9.74. The molecular weight excluding hydrogens is 647 g/mol. The molecule has 2 fully saturated rings. The fraction of sp³-hybridized carbons (Fsp3) is 0.417. The average Bonchev–Trinajstić information content (AvgIpc) is 3.63. The highest BCUT2D eigenvalue weighted by molar-refractivity contribution is 7.16. The number of fused-ring (bicyclic) bond motifs is 2. The number of phenols is 1. The summed E-state index contributed by atoms with van der Waals surface area (Å²) in [6, 6.07) is 12.2. The molecule has 5 aromatic rings. The van der Waals surface area contributed by atoms with E-state index in [9.17, 15) is 24.2 Å². The number of nitrogens with one attached hydrogen (secondary N) is 2. The number of ether oxygens (including phenoxy) is 1. The fourth-order valence-corrected chi connectivity index (χ4v) is 8.13. The summed E-state index contributed by atoms with van der Waals surface area (Å²) in [6.07, 6.45) is 3.22. The summed E-state index contributed by atoms with van der Waals surface area (Å²) in [7, 11) is 0. The van der Waals surface area contributed by atoms with Crippen LogP contribution >= 0.6 is 11.3 Å². The summed E-state index contributed by atoms with van der Waals surface area (Å²) in [6.45, 7) is 8.40. The quantitative estimate of drug-likeness (QED) is 0.170. The van der Waals surface area contributed by atoms with Gasteiger partial charge in [-0.05, 0) is 80.6 Å². The molecule has 0 saturated carbocycles. The van der Waals surface area contributed by atoms with E-state index in [4.69, 9.17) is 4.74 Å². The Morgan fingerprint density at radius 1 is 1.14 bits per heavy atom. The summed E-state index contributed by atoms with van der Waals surface area (Å²) in [5.74, 6) is -0.333. The van der Waals surface area contributed by atoms with Gasteiger partial charge in [-0.2, -0.15) is 0 Å². The van der Waals surface area contributed by atoms with Crippen molar-refractivity contribution in [2.24, 2.45) is 0 Å². The zero-order valence-corrected chi connectivity index (χ0v) is 28.5. The van der Waals surface area contributed by atoms with Gasteiger partial charge in [0.05, 0.1) is 35.3 Å². The molecule has 0 aliphatic carbocycles. The number of halogens is 1. The lowest BCUT2D eigenvalue weighted by atomic mass is 9.89. The number of carbonyl (C=O) groups excluding carboxylic acids is 1. The third-order valence-corrected chi connectivity index (χ3v) is 10.7. The van der Waals surface area contributed by atoms with E-state index >= 15 is 0 Å². The largest absolute Gasteiger partial charge is 0.506 e. The molecule has 11 nitrogen and oxygen atoms in total. The molecule has 5 heterocycles. The Labute approximate surface area is 287 Å². The minimum atomic E-state index is -0.877. The lowest BCUT2D eigenvalue weighted by Gasteiger charge is -2.47. The number of likely N-dealkylation sites (tertiary alicyclic amines) is 1. The van der Waals surface area contributed by atoms with E-state index in [0.717, 1.165) is 65.3 Å². The number of benzene rings is 2. The number of imidazole rings is 1. The first-order chi connectivity index (χ1) is 23.6. The minimum Gasteiger partial charge on any atom is -0.506 e. The lowest BCUT2D eigenvalue weighted by Crippen LogP contribution is -2.58. The Morgan fingerprint density at radius 3 is 2.76 bits per heavy atom. The van der Waals surface area contributed by atoms with Gasteiger partial charge in [0, 0.05) is 44.5 Å². The van der Waals surface area contributed by atoms with E-state index in [2.05, 4.69) is 20.2 Å². The normalized spacial score (nSPS) is 17.3. The molecule has 49 heavy (non-hydrogen) atoms. The minimum absolute atomic E-state index is 0.0198. The number of phenolic OH excluding ortho intramolecular Hbond substituents is 1. The first kappa shape index (κ1) is 33.4. The van der Waals surface area contributed by atoms with E-state index in [1.165, 1.54) is 6.07 Å². The highest BCUT2D eigenvalue weighted by Crippen LogP contribution is 2.33. The van der Waals surface area contributed by atoms with Crippen LogP contribution in [0.25, 0.3) is 15.9 Å². The van der Waals surface area contributed by atoms with Crippen LogP contribution in [0, 0.1) is 19.7 Å². The second kappa shape index (κ2) is 13.6.